The van der Waals surface area contributed by atoms with Gasteiger partial charge in [-0.05, 0) is 32.1 Å². The monoisotopic (exact) mass is 443 g/mol. The van der Waals surface area contributed by atoms with Crippen molar-refractivity contribution in [3.63, 3.8) is 0 Å². The zero-order valence-corrected chi connectivity index (χ0v) is 18.1. The Kier molecular flexibility index (Phi) is 5.71. The molecule has 0 bridgehead atoms. The number of benzene rings is 2. The normalized spacial score (nSPS) is 15.4. The predicted octanol–water partition coefficient (Wildman–Crippen LogP) is 4.01. The van der Waals surface area contributed by atoms with Crippen LogP contribution in [0.4, 0.5) is 10.5 Å². The average molecular weight is 443 g/mol. The van der Waals surface area contributed by atoms with Crippen LogP contribution in [0, 0.1) is 11.3 Å². The second-order valence-electron chi connectivity index (χ2n) is 7.33. The zero-order chi connectivity index (χ0) is 23.6. The standard InChI is InChI=1S/C25H21N3O5/c1-3-32-23(30)25(15-26,13-18-16-9-5-7-11-20(16)27-22(18)29)19-14-28(24(31)33-4-2)21-12-8-6-10-17(19)21/h5-14H,3-4H2,1-2H3,(H,27,29)/b18-13-. The van der Waals surface area contributed by atoms with E-state index in [9.17, 15) is 19.6 Å². The third kappa shape index (κ3) is 3.53. The molecule has 3 aromatic rings. The number of nitriles is 1. The van der Waals surface area contributed by atoms with E-state index in [2.05, 4.69) is 11.4 Å². The number of hydrogen-bond acceptors (Lipinski definition) is 6. The molecule has 0 saturated carbocycles. The van der Waals surface area contributed by atoms with Crippen molar-refractivity contribution in [3.05, 3.63) is 71.9 Å². The second-order valence-corrected chi connectivity index (χ2v) is 7.33. The molecule has 0 aliphatic carbocycles. The number of nitrogens with one attached hydrogen (secondary N) is 1. The first-order valence-corrected chi connectivity index (χ1v) is 10.5. The van der Waals surface area contributed by atoms with Gasteiger partial charge in [-0.25, -0.2) is 9.59 Å². The summed E-state index contributed by atoms with van der Waals surface area (Å²) in [5.41, 5.74) is 0.0192. The van der Waals surface area contributed by atoms with Crippen LogP contribution in [0.1, 0.15) is 25.0 Å². The Morgan fingerprint density at radius 1 is 1.09 bits per heavy atom. The summed E-state index contributed by atoms with van der Waals surface area (Å²) in [5, 5.41) is 13.6. The van der Waals surface area contributed by atoms with E-state index in [0.717, 1.165) is 0 Å². The molecule has 0 fully saturated rings. The number of aromatic nitrogens is 1. The molecule has 8 heteroatoms. The van der Waals surface area contributed by atoms with Crippen molar-refractivity contribution in [2.45, 2.75) is 19.3 Å². The van der Waals surface area contributed by atoms with Crippen LogP contribution in [0.2, 0.25) is 0 Å². The Morgan fingerprint density at radius 2 is 1.79 bits per heavy atom. The van der Waals surface area contributed by atoms with Gasteiger partial charge in [-0.3, -0.25) is 9.36 Å². The number of para-hydroxylation sites is 2. The van der Waals surface area contributed by atoms with Gasteiger partial charge >= 0.3 is 12.1 Å². The lowest BCUT2D eigenvalue weighted by molar-refractivity contribution is -0.146. The van der Waals surface area contributed by atoms with E-state index < -0.39 is 23.4 Å². The maximum Gasteiger partial charge on any atom is 0.418 e. The van der Waals surface area contributed by atoms with Crippen LogP contribution in [0.3, 0.4) is 0 Å². The lowest BCUT2D eigenvalue weighted by Gasteiger charge is -2.21. The highest BCUT2D eigenvalue weighted by Crippen LogP contribution is 2.40. The maximum absolute atomic E-state index is 13.3. The lowest BCUT2D eigenvalue weighted by Crippen LogP contribution is -2.35. The molecule has 1 atom stereocenters. The highest BCUT2D eigenvalue weighted by Gasteiger charge is 2.45. The Hall–Kier alpha value is -4.38. The first kappa shape index (κ1) is 21.8. The van der Waals surface area contributed by atoms with Crippen molar-refractivity contribution in [1.82, 2.24) is 4.57 Å². The average Bonchev–Trinajstić information content (AvgIpc) is 3.36. The first-order valence-electron chi connectivity index (χ1n) is 10.5. The molecule has 0 saturated heterocycles. The quantitative estimate of drug-likeness (QED) is 0.471. The molecule has 166 valence electrons. The fourth-order valence-electron chi connectivity index (χ4n) is 3.97. The van der Waals surface area contributed by atoms with E-state index in [0.29, 0.717) is 22.2 Å². The van der Waals surface area contributed by atoms with Gasteiger partial charge < -0.3 is 14.8 Å². The van der Waals surface area contributed by atoms with Gasteiger partial charge in [-0.2, -0.15) is 5.26 Å². The first-order chi connectivity index (χ1) is 16.0. The molecule has 1 N–H and O–H groups in total. The largest absolute Gasteiger partial charge is 0.464 e. The molecule has 4 rings (SSSR count). The van der Waals surface area contributed by atoms with Crippen molar-refractivity contribution >= 4 is 40.1 Å². The van der Waals surface area contributed by atoms with Crippen molar-refractivity contribution in [1.29, 1.82) is 5.26 Å². The number of rotatable bonds is 5. The number of anilines is 1. The van der Waals surface area contributed by atoms with Gasteiger partial charge in [0.2, 0.25) is 5.41 Å². The third-order valence-electron chi connectivity index (χ3n) is 5.45. The van der Waals surface area contributed by atoms with Crippen LogP contribution in [-0.4, -0.2) is 35.8 Å². The van der Waals surface area contributed by atoms with Crippen LogP contribution >= 0.6 is 0 Å². The molecule has 1 unspecified atom stereocenters. The Morgan fingerprint density at radius 3 is 2.52 bits per heavy atom. The molecule has 2 heterocycles. The Labute approximate surface area is 190 Å². The summed E-state index contributed by atoms with van der Waals surface area (Å²) in [6.07, 6.45) is 2.08. The lowest BCUT2D eigenvalue weighted by atomic mass is 9.79. The van der Waals surface area contributed by atoms with Crippen LogP contribution < -0.4 is 5.32 Å². The van der Waals surface area contributed by atoms with E-state index >= 15 is 0 Å². The number of carbonyl (C=O) groups excluding carboxylic acids is 3. The summed E-state index contributed by atoms with van der Waals surface area (Å²) in [5.74, 6) is -1.28. The number of nitrogens with zero attached hydrogens (tertiary/aromatic N) is 2. The van der Waals surface area contributed by atoms with Gasteiger partial charge in [0.1, 0.15) is 0 Å². The smallest absolute Gasteiger partial charge is 0.418 e. The van der Waals surface area contributed by atoms with Crippen LogP contribution in [0.25, 0.3) is 16.5 Å². The molecule has 33 heavy (non-hydrogen) atoms. The van der Waals surface area contributed by atoms with Crippen molar-refractivity contribution in [2.75, 3.05) is 18.5 Å². The number of fused-ring (bicyclic) bond motifs is 2. The van der Waals surface area contributed by atoms with Crippen LogP contribution in [0.5, 0.6) is 0 Å². The Balaban J connectivity index is 2.02. The minimum atomic E-state index is -1.99. The van der Waals surface area contributed by atoms with E-state index in [4.69, 9.17) is 9.47 Å². The minimum Gasteiger partial charge on any atom is -0.464 e. The van der Waals surface area contributed by atoms with Gasteiger partial charge in [0.15, 0.2) is 0 Å². The topological polar surface area (TPSA) is 110 Å². The molecule has 1 amide bonds. The van der Waals surface area contributed by atoms with Crippen molar-refractivity contribution < 1.29 is 23.9 Å². The van der Waals surface area contributed by atoms with Crippen molar-refractivity contribution in [2.24, 2.45) is 0 Å². The maximum atomic E-state index is 13.3. The summed E-state index contributed by atoms with van der Waals surface area (Å²) in [7, 11) is 0. The van der Waals surface area contributed by atoms with Gasteiger partial charge in [0, 0.05) is 34.0 Å². The second kappa shape index (κ2) is 8.63. The summed E-state index contributed by atoms with van der Waals surface area (Å²) in [4.78, 5) is 38.7. The van der Waals surface area contributed by atoms with Gasteiger partial charge in [-0.15, -0.1) is 0 Å². The molecule has 1 aliphatic heterocycles. The van der Waals surface area contributed by atoms with E-state index in [-0.39, 0.29) is 24.4 Å². The SMILES string of the molecule is CCOC(=O)n1cc(C(C#N)(/C=C2\C(=O)Nc3ccccc32)C(=O)OCC)c2ccccc21. The van der Waals surface area contributed by atoms with Crippen LogP contribution in [0.15, 0.2) is 60.8 Å². The third-order valence-corrected chi connectivity index (χ3v) is 5.45. The van der Waals surface area contributed by atoms with Crippen LogP contribution in [-0.2, 0) is 24.5 Å². The van der Waals surface area contributed by atoms with E-state index in [1.54, 1.807) is 62.4 Å². The molecule has 2 aromatic carbocycles. The Bertz CT molecular complexity index is 1350. The summed E-state index contributed by atoms with van der Waals surface area (Å²) < 4.78 is 11.7. The highest BCUT2D eigenvalue weighted by atomic mass is 16.5. The zero-order valence-electron chi connectivity index (χ0n) is 18.1. The van der Waals surface area contributed by atoms with E-state index in [1.165, 1.54) is 16.8 Å². The summed E-state index contributed by atoms with van der Waals surface area (Å²) in [6, 6.07) is 15.9. The number of esters is 1. The summed E-state index contributed by atoms with van der Waals surface area (Å²) in [6.45, 7) is 3.50. The number of ether oxygens (including phenoxy) is 2. The molecular weight excluding hydrogens is 422 g/mol. The summed E-state index contributed by atoms with van der Waals surface area (Å²) >= 11 is 0. The molecular formula is C25H21N3O5. The molecule has 0 spiro atoms. The number of amides is 1. The highest BCUT2D eigenvalue weighted by molar-refractivity contribution is 6.32. The minimum absolute atomic E-state index is 0.0325. The van der Waals surface area contributed by atoms with E-state index in [1.807, 2.05) is 0 Å². The predicted molar refractivity (Wildman–Crippen MR) is 121 cm³/mol. The molecule has 8 nitrogen and oxygen atoms in total. The molecule has 1 aliphatic rings. The van der Waals surface area contributed by atoms with Crippen molar-refractivity contribution in [3.8, 4) is 6.07 Å². The molecule has 0 radical (unpaired) electrons. The molecule has 1 aromatic heterocycles. The van der Waals surface area contributed by atoms with Gasteiger partial charge in [0.25, 0.3) is 5.91 Å². The fraction of sp³-hybridized carbons (Fsp3) is 0.200. The van der Waals surface area contributed by atoms with Gasteiger partial charge in [0.05, 0.1) is 24.8 Å². The number of carbonyl (C=O) groups is 3. The van der Waals surface area contributed by atoms with Gasteiger partial charge in [-0.1, -0.05) is 36.4 Å². The fourth-order valence-corrected chi connectivity index (χ4v) is 3.97. The number of hydrogen-bond donors (Lipinski definition) is 1.